The molecule has 0 amide bonds. The summed E-state index contributed by atoms with van der Waals surface area (Å²) in [6.07, 6.45) is -26.9. The van der Waals surface area contributed by atoms with Crippen molar-refractivity contribution in [3.8, 4) is 0 Å². The van der Waals surface area contributed by atoms with Crippen LogP contribution >= 0.6 is 0 Å². The fourth-order valence-corrected chi connectivity index (χ4v) is 8.01. The standard InChI is InChI=1S/C27H39BO25/c29-1-6(32)20(37)24(39)10(3-31)49-27(26(41)25(24,40)51-28(52-26)53-27)50-16-9-5-43-19(16)14(36)23(46-9)48-17-11(33)7(2-30)45-22(13(17)35)47-15-8-4-42-18(15)12(34)21(38)44-8/h6-19,21-23,29-36,38-41H,1-5H2/t6?,7-,8+,9+,10-,11-,12+,13-,14+,15+,16+,17+,18+,19+,21-,22+,23+,24+,25+,26-,27-/m1/s1. The Morgan fingerprint density at radius 2 is 1.36 bits per heavy atom. The summed E-state index contributed by atoms with van der Waals surface area (Å²) in [7, 11) is -2.10. The van der Waals surface area contributed by atoms with Crippen LogP contribution in [0.4, 0.5) is 0 Å². The van der Waals surface area contributed by atoms with Crippen molar-refractivity contribution in [3.63, 3.8) is 0 Å². The van der Waals surface area contributed by atoms with Crippen LogP contribution in [0.25, 0.3) is 0 Å². The highest BCUT2D eigenvalue weighted by molar-refractivity contribution is 6.39. The lowest BCUT2D eigenvalue weighted by atomic mass is 9.73. The third-order valence-corrected chi connectivity index (χ3v) is 10.8. The number of rotatable bonds is 11. The molecule has 0 aliphatic carbocycles. The van der Waals surface area contributed by atoms with Gasteiger partial charge in [-0.3, -0.25) is 4.79 Å². The molecule has 0 aromatic heterocycles. The average Bonchev–Trinajstić information content (AvgIpc) is 3.80. The Labute approximate surface area is 296 Å². The number of carbonyl (C=O) groups is 1. The van der Waals surface area contributed by atoms with Crippen LogP contribution in [0, 0.1) is 0 Å². The number of carbonyl (C=O) groups excluding carboxylic acids is 1. The lowest BCUT2D eigenvalue weighted by molar-refractivity contribution is -0.554. The number of aliphatic hydroxyl groups excluding tert-OH is 9. The monoisotopic (exact) mass is 774 g/mol. The molecule has 0 aromatic carbocycles. The molecule has 8 saturated heterocycles. The minimum Gasteiger partial charge on any atom is -0.394 e. The van der Waals surface area contributed by atoms with E-state index in [9.17, 15) is 66.1 Å². The van der Waals surface area contributed by atoms with E-state index in [2.05, 4.69) is 0 Å². The summed E-state index contributed by atoms with van der Waals surface area (Å²) in [6, 6.07) is 0. The Morgan fingerprint density at radius 3 is 2.00 bits per heavy atom. The van der Waals surface area contributed by atoms with Gasteiger partial charge >= 0.3 is 13.3 Å². The number of ketones is 1. The van der Waals surface area contributed by atoms with Gasteiger partial charge in [0.25, 0.3) is 11.6 Å². The van der Waals surface area contributed by atoms with Crippen molar-refractivity contribution in [2.75, 3.05) is 33.0 Å². The summed E-state index contributed by atoms with van der Waals surface area (Å²) < 4.78 is 66.6. The van der Waals surface area contributed by atoms with E-state index in [1.807, 2.05) is 0 Å². The summed E-state index contributed by atoms with van der Waals surface area (Å²) in [4.78, 5) is 13.0. The summed E-state index contributed by atoms with van der Waals surface area (Å²) in [6.45, 7) is -3.77. The van der Waals surface area contributed by atoms with Crippen molar-refractivity contribution in [1.29, 1.82) is 0 Å². The molecule has 21 atom stereocenters. The van der Waals surface area contributed by atoms with Crippen molar-refractivity contribution in [2.24, 2.45) is 0 Å². The van der Waals surface area contributed by atoms with Gasteiger partial charge in [0.2, 0.25) is 11.4 Å². The van der Waals surface area contributed by atoms with E-state index in [1.54, 1.807) is 0 Å². The molecule has 53 heavy (non-hydrogen) atoms. The minimum atomic E-state index is -3.58. The normalized spacial score (nSPS) is 56.2. The van der Waals surface area contributed by atoms with Gasteiger partial charge in [0.15, 0.2) is 18.9 Å². The van der Waals surface area contributed by atoms with Crippen LogP contribution in [0.5, 0.6) is 0 Å². The average molecular weight is 774 g/mol. The molecule has 26 heteroatoms. The molecule has 1 unspecified atom stereocenters. The maximum Gasteiger partial charge on any atom is 0.648 e. The molecule has 8 fully saturated rings. The molecule has 0 spiro atoms. The second-order valence-electron chi connectivity index (χ2n) is 13.8. The topological polar surface area (TPSA) is 371 Å². The van der Waals surface area contributed by atoms with Crippen molar-refractivity contribution < 1.29 is 123 Å². The SMILES string of the molecule is O=C(C(O)CO)[C@@]1(O)[C@@H](CO)O[C@]2(O[C@@H]3[C@H]4OC[C@@H]3O[C@@H](O[C@@H]3[C@@H](O)[C@H](O[C@@H]5[C@H]6OC[C@@H]5O[C@@H](O)[C@H]6O)O[C@H](CO)[C@H]3O)[C@H]4O)OB3O[C@]2(O)[C@@]1(O)O3. The van der Waals surface area contributed by atoms with Crippen molar-refractivity contribution in [1.82, 2.24) is 0 Å². The van der Waals surface area contributed by atoms with Crippen molar-refractivity contribution in [3.05, 3.63) is 0 Å². The van der Waals surface area contributed by atoms with Crippen LogP contribution in [0.2, 0.25) is 0 Å². The van der Waals surface area contributed by atoms with Gasteiger partial charge in [0.1, 0.15) is 85.5 Å². The Balaban J connectivity index is 0.997. The molecule has 300 valence electrons. The number of ether oxygens (including phenoxy) is 9. The maximum absolute atomic E-state index is 13.0. The zero-order chi connectivity index (χ0) is 38.0. The van der Waals surface area contributed by atoms with E-state index in [1.165, 1.54) is 0 Å². The lowest BCUT2D eigenvalue weighted by Gasteiger charge is -2.59. The van der Waals surface area contributed by atoms with Crippen LogP contribution in [0.1, 0.15) is 0 Å². The van der Waals surface area contributed by atoms with Gasteiger partial charge in [-0.05, 0) is 0 Å². The van der Waals surface area contributed by atoms with E-state index in [-0.39, 0.29) is 13.2 Å². The van der Waals surface area contributed by atoms with Crippen LogP contribution in [-0.2, 0) is 61.4 Å². The summed E-state index contributed by atoms with van der Waals surface area (Å²) >= 11 is 0. The highest BCUT2D eigenvalue weighted by Crippen LogP contribution is 2.61. The number of hydrogen-bond donors (Lipinski definition) is 12. The van der Waals surface area contributed by atoms with Crippen molar-refractivity contribution >= 4 is 13.1 Å². The van der Waals surface area contributed by atoms with Gasteiger partial charge in [-0.1, -0.05) is 0 Å². The smallest absolute Gasteiger partial charge is 0.394 e. The first kappa shape index (κ1) is 38.6. The molecule has 12 N–H and O–H groups in total. The van der Waals surface area contributed by atoms with Gasteiger partial charge in [-0.15, -0.1) is 0 Å². The van der Waals surface area contributed by atoms with E-state index >= 15 is 0 Å². The predicted octanol–water partition coefficient (Wildman–Crippen LogP) is -10.3. The predicted molar refractivity (Wildman–Crippen MR) is 150 cm³/mol. The van der Waals surface area contributed by atoms with Crippen LogP contribution < -0.4 is 0 Å². The molecule has 8 aliphatic rings. The van der Waals surface area contributed by atoms with Crippen molar-refractivity contribution in [2.45, 2.75) is 127 Å². The Bertz CT molecular complexity index is 1400. The first-order valence-corrected chi connectivity index (χ1v) is 16.6. The van der Waals surface area contributed by atoms with E-state index in [4.69, 9.17) is 56.6 Å². The molecular weight excluding hydrogens is 735 g/mol. The molecule has 0 aromatic rings. The maximum atomic E-state index is 13.0. The Kier molecular flexibility index (Phi) is 9.79. The highest BCUT2D eigenvalue weighted by Gasteiger charge is 2.93. The highest BCUT2D eigenvalue weighted by atomic mass is 17.0. The van der Waals surface area contributed by atoms with Gasteiger partial charge in [0.05, 0.1) is 33.0 Å². The summed E-state index contributed by atoms with van der Waals surface area (Å²) in [5, 5.41) is 128. The van der Waals surface area contributed by atoms with Gasteiger partial charge in [-0.2, -0.15) is 0 Å². The van der Waals surface area contributed by atoms with Crippen LogP contribution in [-0.4, -0.2) is 235 Å². The van der Waals surface area contributed by atoms with E-state index in [0.717, 1.165) is 0 Å². The van der Waals surface area contributed by atoms with Gasteiger partial charge in [0, 0.05) is 0 Å². The minimum absolute atomic E-state index is 0.0767. The van der Waals surface area contributed by atoms with Crippen LogP contribution in [0.3, 0.4) is 0 Å². The summed E-state index contributed by atoms with van der Waals surface area (Å²) in [5.41, 5.74) is -3.50. The second kappa shape index (κ2) is 13.4. The largest absolute Gasteiger partial charge is 0.648 e. The fraction of sp³-hybridized carbons (Fsp3) is 0.963. The number of aliphatic hydroxyl groups is 12. The molecule has 8 heterocycles. The Morgan fingerprint density at radius 1 is 0.736 bits per heavy atom. The zero-order valence-electron chi connectivity index (χ0n) is 27.1. The third-order valence-electron chi connectivity index (χ3n) is 10.8. The lowest BCUT2D eigenvalue weighted by Crippen LogP contribution is -2.87. The second-order valence-corrected chi connectivity index (χ2v) is 13.8. The summed E-state index contributed by atoms with van der Waals surface area (Å²) in [5.74, 6) is -11.8. The quantitative estimate of drug-likeness (QED) is 0.0867. The molecular formula is C27H39BO25. The molecule has 0 saturated carbocycles. The third kappa shape index (κ3) is 5.31. The van der Waals surface area contributed by atoms with Gasteiger partial charge in [-0.25, -0.2) is 0 Å². The number of Topliss-reactive ketones (excluding diaryl/α,β-unsaturated/α-hetero) is 1. The van der Waals surface area contributed by atoms with Gasteiger partial charge < -0.3 is 118 Å². The first-order valence-electron chi connectivity index (χ1n) is 16.6. The molecule has 8 rings (SSSR count). The first-order chi connectivity index (χ1) is 25.1. The number of hydrogen-bond acceptors (Lipinski definition) is 25. The molecule has 25 nitrogen and oxygen atoms in total. The molecule has 0 radical (unpaired) electrons. The zero-order valence-corrected chi connectivity index (χ0v) is 27.1. The van der Waals surface area contributed by atoms with Crippen LogP contribution in [0.15, 0.2) is 0 Å². The number of fused-ring (bicyclic) bond motifs is 5. The molecule has 8 aliphatic heterocycles. The van der Waals surface area contributed by atoms with E-state index < -0.39 is 160 Å². The Hall–Kier alpha value is -1.23. The van der Waals surface area contributed by atoms with E-state index in [0.29, 0.717) is 0 Å². The molecule has 6 bridgehead atoms. The fourth-order valence-electron chi connectivity index (χ4n) is 8.01.